The second kappa shape index (κ2) is 19.3. The van der Waals surface area contributed by atoms with Gasteiger partial charge < -0.3 is 15.4 Å². The Morgan fingerprint density at radius 2 is 1.70 bits per heavy atom. The molecule has 30 heavy (non-hydrogen) atoms. The predicted molar refractivity (Wildman–Crippen MR) is 126 cm³/mol. The van der Waals surface area contributed by atoms with Crippen molar-refractivity contribution in [3.05, 3.63) is 18.2 Å². The van der Waals surface area contributed by atoms with Gasteiger partial charge >= 0.3 is 0 Å². The van der Waals surface area contributed by atoms with Gasteiger partial charge in [0.2, 0.25) is 0 Å². The van der Waals surface area contributed by atoms with Gasteiger partial charge in [0.15, 0.2) is 0 Å². The first kappa shape index (κ1) is 30.5. The second-order valence-electron chi connectivity index (χ2n) is 8.80. The Balaban J connectivity index is 0. The highest BCUT2D eigenvalue weighted by molar-refractivity contribution is 5.78. The molecule has 2 rings (SSSR count). The van der Waals surface area contributed by atoms with Crippen LogP contribution in [0.1, 0.15) is 111 Å². The number of aromatic nitrogens is 2. The molecule has 1 saturated carbocycles. The predicted octanol–water partition coefficient (Wildman–Crippen LogP) is 5.95. The third kappa shape index (κ3) is 18.3. The van der Waals surface area contributed by atoms with Crippen LogP contribution in [0.5, 0.6) is 0 Å². The number of Topliss-reactive ketones (excluding diaryl/α,β-unsaturated/α-hetero) is 1. The van der Waals surface area contributed by atoms with E-state index in [-0.39, 0.29) is 6.47 Å². The molecule has 0 radical (unpaired) electrons. The van der Waals surface area contributed by atoms with Crippen molar-refractivity contribution in [1.29, 1.82) is 0 Å². The third-order valence-electron chi connectivity index (χ3n) is 5.11. The number of rotatable bonds is 6. The highest BCUT2D eigenvalue weighted by Gasteiger charge is 2.16. The van der Waals surface area contributed by atoms with Crippen molar-refractivity contribution < 1.29 is 14.7 Å². The Hall–Kier alpha value is -1.69. The minimum absolute atomic E-state index is 0.250. The minimum atomic E-state index is -0.250. The molecule has 1 fully saturated rings. The number of carbonyl (C=O) groups is 2. The smallest absolute Gasteiger partial charge is 0.290 e. The number of carboxylic acid groups (broad SMARTS) is 1. The second-order valence-corrected chi connectivity index (χ2v) is 8.80. The zero-order valence-electron chi connectivity index (χ0n) is 20.5. The van der Waals surface area contributed by atoms with E-state index in [9.17, 15) is 4.79 Å². The highest BCUT2D eigenvalue weighted by Crippen LogP contribution is 2.24. The summed E-state index contributed by atoms with van der Waals surface area (Å²) in [6, 6.07) is 0. The van der Waals surface area contributed by atoms with E-state index in [0.717, 1.165) is 12.8 Å². The van der Waals surface area contributed by atoms with E-state index in [1.807, 2.05) is 19.4 Å². The lowest BCUT2D eigenvalue weighted by atomic mass is 9.87. The molecule has 3 N–H and O–H groups in total. The first-order valence-electron chi connectivity index (χ1n) is 11.4. The molecule has 0 saturated heterocycles. The summed E-state index contributed by atoms with van der Waals surface area (Å²) in [6.07, 6.45) is 14.9. The number of nitrogens with one attached hydrogen (secondary N) is 2. The molecule has 176 valence electrons. The standard InChI is InChI=1S/C10H18N2.C8H14O.C5H13N.CH2O2/c1-3-5-9(6-4-2)10-11-7-8-12-10;1-7(9)8-5-3-2-4-6-8;1-5(2,3)6-4;2-1-3/h7-9H,3-6H2,1-2H3,(H,11,12);8H,2-6H2,1H3;6H,1-4H3;1H,(H,2,3). The largest absolute Gasteiger partial charge is 0.483 e. The molecule has 0 bridgehead atoms. The van der Waals surface area contributed by atoms with Crippen molar-refractivity contribution in [2.24, 2.45) is 5.92 Å². The molecule has 6 nitrogen and oxygen atoms in total. The molecule has 0 spiro atoms. The zero-order valence-corrected chi connectivity index (χ0v) is 20.5. The molecule has 6 heteroatoms. The molecule has 1 heterocycles. The summed E-state index contributed by atoms with van der Waals surface area (Å²) in [6.45, 7) is 12.3. The number of hydrogen-bond acceptors (Lipinski definition) is 4. The van der Waals surface area contributed by atoms with Gasteiger partial charge in [-0.1, -0.05) is 46.0 Å². The van der Waals surface area contributed by atoms with E-state index in [1.54, 1.807) is 6.92 Å². The lowest BCUT2D eigenvalue weighted by molar-refractivity contribution is -0.123. The van der Waals surface area contributed by atoms with Crippen molar-refractivity contribution in [3.8, 4) is 0 Å². The van der Waals surface area contributed by atoms with Gasteiger partial charge in [0.25, 0.3) is 6.47 Å². The molecular weight excluding hydrogens is 378 g/mol. The number of hydrogen-bond donors (Lipinski definition) is 3. The van der Waals surface area contributed by atoms with Crippen LogP contribution in [0.2, 0.25) is 0 Å². The maximum Gasteiger partial charge on any atom is 0.290 e. The molecule has 0 atom stereocenters. The van der Waals surface area contributed by atoms with Crippen LogP contribution in [0, 0.1) is 5.92 Å². The summed E-state index contributed by atoms with van der Waals surface area (Å²) < 4.78 is 0. The van der Waals surface area contributed by atoms with Crippen LogP contribution in [0.4, 0.5) is 0 Å². The molecule has 1 aromatic rings. The Bertz CT molecular complexity index is 498. The van der Waals surface area contributed by atoms with Crippen molar-refractivity contribution in [2.75, 3.05) is 7.05 Å². The summed E-state index contributed by atoms with van der Waals surface area (Å²) in [5.74, 6) is 2.63. The van der Waals surface area contributed by atoms with Gasteiger partial charge in [-0.3, -0.25) is 9.59 Å². The van der Waals surface area contributed by atoms with Gasteiger partial charge in [0.05, 0.1) is 0 Å². The number of ketones is 1. The fourth-order valence-corrected chi connectivity index (χ4v) is 3.12. The molecule has 0 amide bonds. The Labute approximate surface area is 184 Å². The average molecular weight is 426 g/mol. The monoisotopic (exact) mass is 425 g/mol. The van der Waals surface area contributed by atoms with Gasteiger partial charge in [-0.15, -0.1) is 0 Å². The third-order valence-corrected chi connectivity index (χ3v) is 5.11. The Kier molecular flexibility index (Phi) is 19.6. The minimum Gasteiger partial charge on any atom is -0.483 e. The van der Waals surface area contributed by atoms with E-state index in [2.05, 4.69) is 49.9 Å². The summed E-state index contributed by atoms with van der Waals surface area (Å²) >= 11 is 0. The molecule has 0 unspecified atom stereocenters. The molecule has 0 aromatic carbocycles. The topological polar surface area (TPSA) is 95.1 Å². The van der Waals surface area contributed by atoms with Gasteiger partial charge in [-0.05, 0) is 60.4 Å². The number of nitrogens with zero attached hydrogens (tertiary/aromatic N) is 1. The summed E-state index contributed by atoms with van der Waals surface area (Å²) in [5, 5.41) is 9.99. The maximum absolute atomic E-state index is 10.8. The quantitative estimate of drug-likeness (QED) is 0.489. The van der Waals surface area contributed by atoms with E-state index in [0.29, 0.717) is 23.2 Å². The van der Waals surface area contributed by atoms with Crippen LogP contribution < -0.4 is 5.32 Å². The van der Waals surface area contributed by atoms with E-state index in [1.165, 1.54) is 50.8 Å². The highest BCUT2D eigenvalue weighted by atomic mass is 16.3. The van der Waals surface area contributed by atoms with Crippen LogP contribution in [0.3, 0.4) is 0 Å². The number of carbonyl (C=O) groups excluding carboxylic acids is 1. The fraction of sp³-hybridized carbons (Fsp3) is 0.792. The van der Waals surface area contributed by atoms with Crippen LogP contribution in [-0.2, 0) is 9.59 Å². The normalized spacial score (nSPS) is 13.7. The fourth-order valence-electron chi connectivity index (χ4n) is 3.12. The lowest BCUT2D eigenvalue weighted by Crippen LogP contribution is -2.31. The number of H-pyrrole nitrogens is 1. The SMILES string of the molecule is CC(=O)C1CCCCC1.CCCC(CCC)c1ncc[nH]1.CNC(C)(C)C.O=CO. The van der Waals surface area contributed by atoms with E-state index < -0.39 is 0 Å². The van der Waals surface area contributed by atoms with Gasteiger partial charge in [-0.2, -0.15) is 0 Å². The average Bonchev–Trinajstić information content (AvgIpc) is 3.24. The van der Waals surface area contributed by atoms with Crippen LogP contribution in [0.15, 0.2) is 12.4 Å². The van der Waals surface area contributed by atoms with E-state index in [4.69, 9.17) is 9.90 Å². The number of aromatic amines is 1. The van der Waals surface area contributed by atoms with Crippen molar-refractivity contribution in [2.45, 2.75) is 111 Å². The maximum atomic E-state index is 10.8. The van der Waals surface area contributed by atoms with Crippen LogP contribution in [-0.4, -0.2) is 39.9 Å². The van der Waals surface area contributed by atoms with E-state index >= 15 is 0 Å². The molecule has 0 aliphatic heterocycles. The Morgan fingerprint density at radius 3 is 1.97 bits per heavy atom. The summed E-state index contributed by atoms with van der Waals surface area (Å²) in [7, 11) is 1.96. The molecular formula is C24H47N3O3. The lowest BCUT2D eigenvalue weighted by Gasteiger charge is -2.17. The van der Waals surface area contributed by atoms with Crippen molar-refractivity contribution >= 4 is 12.3 Å². The van der Waals surface area contributed by atoms with Crippen LogP contribution >= 0.6 is 0 Å². The Morgan fingerprint density at radius 1 is 1.23 bits per heavy atom. The van der Waals surface area contributed by atoms with Gasteiger partial charge in [0.1, 0.15) is 11.6 Å². The zero-order chi connectivity index (χ0) is 23.4. The summed E-state index contributed by atoms with van der Waals surface area (Å²) in [5.41, 5.74) is 0.292. The molecule has 1 aliphatic rings. The molecule has 1 aliphatic carbocycles. The van der Waals surface area contributed by atoms with Crippen molar-refractivity contribution in [1.82, 2.24) is 15.3 Å². The van der Waals surface area contributed by atoms with Crippen LogP contribution in [0.25, 0.3) is 0 Å². The van der Waals surface area contributed by atoms with Gasteiger partial charge in [0, 0.05) is 29.8 Å². The molecule has 1 aromatic heterocycles. The summed E-state index contributed by atoms with van der Waals surface area (Å²) in [4.78, 5) is 26.7. The van der Waals surface area contributed by atoms with Gasteiger partial charge in [-0.25, -0.2) is 4.98 Å². The number of imidazole rings is 1. The van der Waals surface area contributed by atoms with Crippen molar-refractivity contribution in [3.63, 3.8) is 0 Å². The first-order valence-corrected chi connectivity index (χ1v) is 11.4. The first-order chi connectivity index (χ1) is 14.2.